The molecule has 7 nitrogen and oxygen atoms in total. The number of benzene rings is 1. The van der Waals surface area contributed by atoms with Crippen LogP contribution in [-0.4, -0.2) is 45.4 Å². The summed E-state index contributed by atoms with van der Waals surface area (Å²) in [6, 6.07) is 6.31. The van der Waals surface area contributed by atoms with Crippen LogP contribution in [0.4, 0.5) is 0 Å². The van der Waals surface area contributed by atoms with E-state index < -0.39 is 30.1 Å². The van der Waals surface area contributed by atoms with Crippen LogP contribution in [0.2, 0.25) is 0 Å². The van der Waals surface area contributed by atoms with E-state index in [4.69, 9.17) is 15.6 Å². The summed E-state index contributed by atoms with van der Waals surface area (Å²) in [7, 11) is 0. The van der Waals surface area contributed by atoms with Gasteiger partial charge in [0.25, 0.3) is 0 Å². The normalized spacial score (nSPS) is 27.3. The van der Waals surface area contributed by atoms with E-state index in [9.17, 15) is 14.8 Å². The highest BCUT2D eigenvalue weighted by atomic mass is 16.6. The molecule has 1 heterocycles. The lowest BCUT2D eigenvalue weighted by molar-refractivity contribution is -0.147. The van der Waals surface area contributed by atoms with Gasteiger partial charge in [-0.3, -0.25) is 4.79 Å². The van der Waals surface area contributed by atoms with Crippen LogP contribution in [0.15, 0.2) is 30.3 Å². The number of nitrogens with two attached hydrogens (primary N) is 1. The molecule has 4 N–H and O–H groups in total. The molecule has 1 aliphatic heterocycles. The average molecular weight is 252 g/mol. The molecule has 7 heteroatoms. The number of hydroxylamine groups is 2. The molecule has 1 fully saturated rings. The first-order chi connectivity index (χ1) is 8.52. The van der Waals surface area contributed by atoms with Crippen LogP contribution in [0, 0.1) is 0 Å². The van der Waals surface area contributed by atoms with E-state index in [0.717, 1.165) is 0 Å². The monoisotopic (exact) mass is 252 g/mol. The minimum Gasteiger partial charge on any atom is -0.478 e. The lowest BCUT2D eigenvalue weighted by Gasteiger charge is -2.13. The second-order valence-electron chi connectivity index (χ2n) is 3.91. The molecule has 0 radical (unpaired) electrons. The maximum Gasteiger partial charge on any atom is 0.346 e. The number of carboxylic acid groups (broad SMARTS) is 1. The number of hydrogen-bond donors (Lipinski definition) is 3. The quantitative estimate of drug-likeness (QED) is 0.606. The smallest absolute Gasteiger partial charge is 0.346 e. The van der Waals surface area contributed by atoms with Gasteiger partial charge in [0, 0.05) is 0 Å². The number of rotatable bonds is 5. The van der Waals surface area contributed by atoms with Gasteiger partial charge in [-0.15, -0.1) is 0 Å². The third-order valence-electron chi connectivity index (χ3n) is 2.68. The Balaban J connectivity index is 2.11. The number of carboxylic acids is 1. The highest BCUT2D eigenvalue weighted by Crippen LogP contribution is 2.30. The topological polar surface area (TPSA) is 113 Å². The summed E-state index contributed by atoms with van der Waals surface area (Å²) in [6.45, 7) is 0. The molecule has 0 saturated carbocycles. The van der Waals surface area contributed by atoms with E-state index in [0.29, 0.717) is 10.8 Å². The molecule has 4 atom stereocenters. The molecule has 1 aliphatic rings. The van der Waals surface area contributed by atoms with Crippen LogP contribution >= 0.6 is 0 Å². The SMILES string of the molecule is NC(=O)C1C(C(Oc2ccccc2)C(=O)O)N1O. The van der Waals surface area contributed by atoms with Gasteiger partial charge in [-0.25, -0.2) is 4.79 Å². The second-order valence-corrected chi connectivity index (χ2v) is 3.91. The van der Waals surface area contributed by atoms with Crippen molar-refractivity contribution in [2.24, 2.45) is 5.73 Å². The van der Waals surface area contributed by atoms with Crippen molar-refractivity contribution >= 4 is 11.9 Å². The molecular formula is C11H12N2O5. The Bertz CT molecular complexity index is 464. The summed E-state index contributed by atoms with van der Waals surface area (Å²) >= 11 is 0. The van der Waals surface area contributed by atoms with E-state index in [1.807, 2.05) is 0 Å². The fourth-order valence-electron chi connectivity index (χ4n) is 1.75. The van der Waals surface area contributed by atoms with Crippen LogP contribution in [0.1, 0.15) is 0 Å². The Morgan fingerprint density at radius 3 is 2.39 bits per heavy atom. The van der Waals surface area contributed by atoms with Crippen LogP contribution in [-0.2, 0) is 9.59 Å². The van der Waals surface area contributed by atoms with E-state index in [1.54, 1.807) is 30.3 Å². The predicted octanol–water partition coefficient (Wildman–Crippen LogP) is -0.554. The minimum absolute atomic E-state index is 0.341. The standard InChI is InChI=1S/C11H12N2O5/c12-10(14)8-7(13(8)17)9(11(15)16)18-6-4-2-1-3-5-6/h1-5,7-9,17H,(H2,12,14)(H,15,16). The zero-order chi connectivity index (χ0) is 13.3. The minimum atomic E-state index is -1.35. The molecule has 0 aliphatic carbocycles. The van der Waals surface area contributed by atoms with Gasteiger partial charge in [-0.1, -0.05) is 18.2 Å². The van der Waals surface area contributed by atoms with Gasteiger partial charge in [0.1, 0.15) is 17.8 Å². The number of carbonyl (C=O) groups excluding carboxylic acids is 1. The van der Waals surface area contributed by atoms with Crippen LogP contribution in [0.5, 0.6) is 5.75 Å². The van der Waals surface area contributed by atoms with Gasteiger partial charge in [0.15, 0.2) is 0 Å². The third kappa shape index (κ3) is 2.27. The van der Waals surface area contributed by atoms with E-state index in [-0.39, 0.29) is 0 Å². The fraction of sp³-hybridized carbons (Fsp3) is 0.273. The van der Waals surface area contributed by atoms with Crippen LogP contribution in [0.3, 0.4) is 0 Å². The number of ether oxygens (including phenoxy) is 1. The van der Waals surface area contributed by atoms with E-state index in [2.05, 4.69) is 0 Å². The molecule has 18 heavy (non-hydrogen) atoms. The van der Waals surface area contributed by atoms with Gasteiger partial charge >= 0.3 is 5.97 Å². The van der Waals surface area contributed by atoms with Gasteiger partial charge in [0.05, 0.1) is 0 Å². The van der Waals surface area contributed by atoms with Crippen molar-refractivity contribution < 1.29 is 24.6 Å². The number of carbonyl (C=O) groups is 2. The number of primary amides is 1. The molecule has 0 spiro atoms. The largest absolute Gasteiger partial charge is 0.478 e. The Hall–Kier alpha value is -2.12. The van der Waals surface area contributed by atoms with Crippen molar-refractivity contribution in [2.75, 3.05) is 0 Å². The third-order valence-corrected chi connectivity index (χ3v) is 2.68. The molecule has 1 amide bonds. The number of aliphatic carboxylic acids is 1. The van der Waals surface area contributed by atoms with Gasteiger partial charge in [-0.05, 0) is 12.1 Å². The molecular weight excluding hydrogens is 240 g/mol. The Morgan fingerprint density at radius 2 is 1.94 bits per heavy atom. The van der Waals surface area contributed by atoms with E-state index >= 15 is 0 Å². The Labute approximate surface area is 102 Å². The first-order valence-corrected chi connectivity index (χ1v) is 5.23. The summed E-state index contributed by atoms with van der Waals surface area (Å²) in [5.41, 5.74) is 5.02. The lowest BCUT2D eigenvalue weighted by Crippen LogP contribution is -2.36. The summed E-state index contributed by atoms with van der Waals surface area (Å²) in [5.74, 6) is -1.72. The van der Waals surface area contributed by atoms with Crippen molar-refractivity contribution in [3.63, 3.8) is 0 Å². The number of hydrogen-bond acceptors (Lipinski definition) is 5. The zero-order valence-corrected chi connectivity index (χ0v) is 9.26. The van der Waals surface area contributed by atoms with Gasteiger partial charge < -0.3 is 20.8 Å². The summed E-state index contributed by atoms with van der Waals surface area (Å²) in [5, 5.41) is 19.0. The van der Waals surface area contributed by atoms with Crippen LogP contribution in [0.25, 0.3) is 0 Å². The summed E-state index contributed by atoms with van der Waals surface area (Å²) in [4.78, 5) is 22.0. The summed E-state index contributed by atoms with van der Waals surface area (Å²) in [6.07, 6.45) is -1.35. The predicted molar refractivity (Wildman–Crippen MR) is 58.9 cm³/mol. The average Bonchev–Trinajstić information content (AvgIpc) is 2.98. The first kappa shape index (κ1) is 12.3. The summed E-state index contributed by atoms with van der Waals surface area (Å²) < 4.78 is 5.24. The molecule has 1 aromatic rings. The Kier molecular flexibility index (Phi) is 3.17. The molecule has 0 aromatic heterocycles. The molecule has 4 unspecified atom stereocenters. The molecule has 1 aromatic carbocycles. The highest BCUT2D eigenvalue weighted by Gasteiger charge is 2.59. The maximum atomic E-state index is 11.1. The molecule has 1 saturated heterocycles. The van der Waals surface area contributed by atoms with E-state index in [1.165, 1.54) is 0 Å². The number of para-hydroxylation sites is 1. The lowest BCUT2D eigenvalue weighted by atomic mass is 10.2. The van der Waals surface area contributed by atoms with Gasteiger partial charge in [0.2, 0.25) is 12.0 Å². The molecule has 0 bridgehead atoms. The van der Waals surface area contributed by atoms with Crippen LogP contribution < -0.4 is 10.5 Å². The van der Waals surface area contributed by atoms with Crippen molar-refractivity contribution in [3.05, 3.63) is 30.3 Å². The molecule has 2 rings (SSSR count). The van der Waals surface area contributed by atoms with Crippen molar-refractivity contribution in [2.45, 2.75) is 18.2 Å². The molecule has 96 valence electrons. The van der Waals surface area contributed by atoms with Gasteiger partial charge in [-0.2, -0.15) is 5.06 Å². The number of amides is 1. The Morgan fingerprint density at radius 1 is 1.33 bits per heavy atom. The number of nitrogens with zero attached hydrogens (tertiary/aromatic N) is 1. The zero-order valence-electron chi connectivity index (χ0n) is 9.26. The van der Waals surface area contributed by atoms with Crippen molar-refractivity contribution in [1.82, 2.24) is 5.06 Å². The second kappa shape index (κ2) is 4.63. The van der Waals surface area contributed by atoms with Crippen molar-refractivity contribution in [1.29, 1.82) is 0 Å². The highest BCUT2D eigenvalue weighted by molar-refractivity contribution is 5.86. The first-order valence-electron chi connectivity index (χ1n) is 5.23. The fourth-order valence-corrected chi connectivity index (χ4v) is 1.75. The maximum absolute atomic E-state index is 11.1. The van der Waals surface area contributed by atoms with Crippen molar-refractivity contribution in [3.8, 4) is 5.75 Å².